The number of carboxylic acids is 1. The second-order valence-electron chi connectivity index (χ2n) is 5.53. The summed E-state index contributed by atoms with van der Waals surface area (Å²) in [5, 5.41) is 9.55. The molecule has 110 valence electrons. The van der Waals surface area contributed by atoms with Gasteiger partial charge >= 0.3 is 5.97 Å². The zero-order valence-corrected chi connectivity index (χ0v) is 11.8. The number of aryl methyl sites for hydroxylation is 2. The van der Waals surface area contributed by atoms with Crippen molar-refractivity contribution in [2.45, 2.75) is 25.8 Å². The number of aliphatic carboxylic acids is 1. The number of benzene rings is 1. The highest BCUT2D eigenvalue weighted by Crippen LogP contribution is 2.37. The van der Waals surface area contributed by atoms with Crippen LogP contribution in [0.4, 0.5) is 0 Å². The molecule has 0 spiro atoms. The number of amides is 2. The highest BCUT2D eigenvalue weighted by atomic mass is 16.5. The van der Waals surface area contributed by atoms with Crippen LogP contribution in [-0.4, -0.2) is 46.5 Å². The Hall–Kier alpha value is -2.21. The zero-order valence-electron chi connectivity index (χ0n) is 11.8. The maximum Gasteiger partial charge on any atom is 0.332 e. The van der Waals surface area contributed by atoms with E-state index in [2.05, 4.69) is 0 Å². The first-order valence-electron chi connectivity index (χ1n) is 6.70. The molecule has 1 aromatic rings. The van der Waals surface area contributed by atoms with E-state index in [-0.39, 0.29) is 19.6 Å². The number of carboxylic acid groups (broad SMARTS) is 1. The van der Waals surface area contributed by atoms with Gasteiger partial charge in [0.1, 0.15) is 0 Å². The Morgan fingerprint density at radius 3 is 2.10 bits per heavy atom. The highest BCUT2D eigenvalue weighted by Gasteiger charge is 2.56. The lowest BCUT2D eigenvalue weighted by Gasteiger charge is -2.31. The van der Waals surface area contributed by atoms with Gasteiger partial charge in [-0.25, -0.2) is 4.79 Å². The van der Waals surface area contributed by atoms with Crippen molar-refractivity contribution in [2.24, 2.45) is 0 Å². The van der Waals surface area contributed by atoms with Crippen molar-refractivity contribution in [3.05, 3.63) is 34.4 Å². The zero-order chi connectivity index (χ0) is 15.4. The predicted octanol–water partition coefficient (Wildman–Crippen LogP) is 1.14. The SMILES string of the molecule is Cc1ccc(C)c2c1C(=O)N(C1(C(=O)O)CCOC1)C2=O. The third-order valence-electron chi connectivity index (χ3n) is 4.28. The average Bonchev–Trinajstić information content (AvgIpc) is 2.99. The van der Waals surface area contributed by atoms with Crippen LogP contribution in [0.3, 0.4) is 0 Å². The largest absolute Gasteiger partial charge is 0.479 e. The fourth-order valence-electron chi connectivity index (χ4n) is 3.06. The van der Waals surface area contributed by atoms with Crippen LogP contribution >= 0.6 is 0 Å². The molecule has 1 atom stereocenters. The van der Waals surface area contributed by atoms with E-state index in [0.717, 1.165) is 4.90 Å². The van der Waals surface area contributed by atoms with Crippen LogP contribution in [0.15, 0.2) is 12.1 Å². The lowest BCUT2D eigenvalue weighted by Crippen LogP contribution is -2.57. The quantitative estimate of drug-likeness (QED) is 0.825. The van der Waals surface area contributed by atoms with Gasteiger partial charge in [0.25, 0.3) is 11.8 Å². The van der Waals surface area contributed by atoms with Gasteiger partial charge in [0.05, 0.1) is 17.7 Å². The number of ether oxygens (including phenoxy) is 1. The molecule has 21 heavy (non-hydrogen) atoms. The third-order valence-corrected chi connectivity index (χ3v) is 4.28. The van der Waals surface area contributed by atoms with Crippen LogP contribution in [0.1, 0.15) is 38.3 Å². The van der Waals surface area contributed by atoms with Crippen molar-refractivity contribution >= 4 is 17.8 Å². The lowest BCUT2D eigenvalue weighted by molar-refractivity contribution is -0.148. The smallest absolute Gasteiger partial charge is 0.332 e. The fourth-order valence-corrected chi connectivity index (χ4v) is 3.06. The van der Waals surface area contributed by atoms with Crippen molar-refractivity contribution in [3.8, 4) is 0 Å². The first-order chi connectivity index (χ1) is 9.90. The summed E-state index contributed by atoms with van der Waals surface area (Å²) in [6.45, 7) is 3.54. The Morgan fingerprint density at radius 1 is 1.19 bits per heavy atom. The minimum atomic E-state index is -1.59. The van der Waals surface area contributed by atoms with E-state index in [1.165, 1.54) is 0 Å². The van der Waals surface area contributed by atoms with Gasteiger partial charge in [-0.1, -0.05) is 12.1 Å². The van der Waals surface area contributed by atoms with Crippen LogP contribution in [0, 0.1) is 13.8 Å². The van der Waals surface area contributed by atoms with E-state index >= 15 is 0 Å². The first kappa shape index (κ1) is 13.8. The highest BCUT2D eigenvalue weighted by molar-refractivity contribution is 6.24. The summed E-state index contributed by atoms with van der Waals surface area (Å²) in [4.78, 5) is 37.9. The third kappa shape index (κ3) is 1.65. The lowest BCUT2D eigenvalue weighted by atomic mass is 9.96. The summed E-state index contributed by atoms with van der Waals surface area (Å²) in [5.41, 5.74) is 0.387. The fraction of sp³-hybridized carbons (Fsp3) is 0.400. The van der Waals surface area contributed by atoms with Gasteiger partial charge in [-0.3, -0.25) is 14.5 Å². The van der Waals surface area contributed by atoms with Gasteiger partial charge in [-0.15, -0.1) is 0 Å². The molecule has 3 rings (SSSR count). The summed E-state index contributed by atoms with van der Waals surface area (Å²) < 4.78 is 5.16. The van der Waals surface area contributed by atoms with Gasteiger partial charge in [0, 0.05) is 13.0 Å². The topological polar surface area (TPSA) is 83.9 Å². The van der Waals surface area contributed by atoms with Gasteiger partial charge in [-0.05, 0) is 25.0 Å². The molecule has 1 saturated heterocycles. The Kier molecular flexibility index (Phi) is 2.88. The number of hydrogen-bond acceptors (Lipinski definition) is 4. The van der Waals surface area contributed by atoms with Crippen LogP contribution < -0.4 is 0 Å². The summed E-state index contributed by atoms with van der Waals surface area (Å²) in [6.07, 6.45) is 0.117. The molecule has 1 N–H and O–H groups in total. The molecule has 1 aromatic carbocycles. The number of nitrogens with zero attached hydrogens (tertiary/aromatic N) is 1. The number of fused-ring (bicyclic) bond motifs is 1. The van der Waals surface area contributed by atoms with Crippen LogP contribution in [0.25, 0.3) is 0 Å². The minimum Gasteiger partial charge on any atom is -0.479 e. The average molecular weight is 289 g/mol. The number of imide groups is 1. The molecule has 0 aromatic heterocycles. The Morgan fingerprint density at radius 2 is 1.71 bits per heavy atom. The van der Waals surface area contributed by atoms with Crippen molar-refractivity contribution < 1.29 is 24.2 Å². The van der Waals surface area contributed by atoms with Gasteiger partial charge in [-0.2, -0.15) is 0 Å². The van der Waals surface area contributed by atoms with E-state index < -0.39 is 23.3 Å². The maximum absolute atomic E-state index is 12.7. The molecule has 0 aliphatic carbocycles. The van der Waals surface area contributed by atoms with Crippen LogP contribution in [0.2, 0.25) is 0 Å². The Labute approximate surface area is 121 Å². The molecule has 2 heterocycles. The van der Waals surface area contributed by atoms with E-state index in [1.54, 1.807) is 26.0 Å². The summed E-state index contributed by atoms with van der Waals surface area (Å²) >= 11 is 0. The maximum atomic E-state index is 12.7. The van der Waals surface area contributed by atoms with Crippen molar-refractivity contribution in [1.29, 1.82) is 0 Å². The van der Waals surface area contributed by atoms with Crippen molar-refractivity contribution in [2.75, 3.05) is 13.2 Å². The van der Waals surface area contributed by atoms with Crippen LogP contribution in [0.5, 0.6) is 0 Å². The van der Waals surface area contributed by atoms with Crippen molar-refractivity contribution in [3.63, 3.8) is 0 Å². The molecule has 1 unspecified atom stereocenters. The van der Waals surface area contributed by atoms with E-state index in [0.29, 0.717) is 22.3 Å². The molecular weight excluding hydrogens is 274 g/mol. The molecular formula is C15H15NO5. The van der Waals surface area contributed by atoms with Crippen LogP contribution in [-0.2, 0) is 9.53 Å². The summed E-state index contributed by atoms with van der Waals surface area (Å²) in [6, 6.07) is 3.53. The number of rotatable bonds is 2. The molecule has 0 bridgehead atoms. The van der Waals surface area contributed by atoms with Gasteiger partial charge in [0.15, 0.2) is 5.54 Å². The molecule has 2 amide bonds. The molecule has 2 aliphatic rings. The number of hydrogen-bond donors (Lipinski definition) is 1. The second-order valence-corrected chi connectivity index (χ2v) is 5.53. The molecule has 6 nitrogen and oxygen atoms in total. The van der Waals surface area contributed by atoms with Gasteiger partial charge in [0.2, 0.25) is 0 Å². The van der Waals surface area contributed by atoms with Gasteiger partial charge < -0.3 is 9.84 Å². The minimum absolute atomic E-state index is 0.117. The van der Waals surface area contributed by atoms with Crippen molar-refractivity contribution in [1.82, 2.24) is 4.90 Å². The Balaban J connectivity index is 2.18. The number of carbonyl (C=O) groups is 3. The molecule has 1 fully saturated rings. The normalized spacial score (nSPS) is 24.6. The molecule has 6 heteroatoms. The molecule has 0 radical (unpaired) electrons. The standard InChI is InChI=1S/C15H15NO5/c1-8-3-4-9(2)11-10(8)12(17)16(13(11)18)15(14(19)20)5-6-21-7-15/h3-4H,5-7H2,1-2H3,(H,19,20). The first-order valence-corrected chi connectivity index (χ1v) is 6.70. The summed E-state index contributed by atoms with van der Waals surface area (Å²) in [7, 11) is 0. The Bertz CT molecular complexity index is 632. The second kappa shape index (κ2) is 4.39. The predicted molar refractivity (Wildman–Crippen MR) is 72.2 cm³/mol. The summed E-state index contributed by atoms with van der Waals surface area (Å²) in [5.74, 6) is -2.28. The monoisotopic (exact) mass is 289 g/mol. The molecule has 2 aliphatic heterocycles. The van der Waals surface area contributed by atoms with E-state index in [4.69, 9.17) is 4.74 Å². The van der Waals surface area contributed by atoms with E-state index in [9.17, 15) is 19.5 Å². The van der Waals surface area contributed by atoms with E-state index in [1.807, 2.05) is 0 Å². The number of carbonyl (C=O) groups excluding carboxylic acids is 2. The molecule has 0 saturated carbocycles.